The molecule has 6 rings (SSSR count). The fraction of sp³-hybridized carbons (Fsp3) is 0.440. The third kappa shape index (κ3) is 3.29. The second-order valence-electron chi connectivity index (χ2n) is 9.94. The van der Waals surface area contributed by atoms with E-state index in [0.717, 1.165) is 50.3 Å². The van der Waals surface area contributed by atoms with Crippen molar-refractivity contribution in [1.29, 1.82) is 0 Å². The molecular formula is C25H27N5O4. The monoisotopic (exact) mass is 461 g/mol. The number of rotatable bonds is 3. The van der Waals surface area contributed by atoms with Crippen LogP contribution in [0.5, 0.6) is 0 Å². The number of hydrogen-bond donors (Lipinski definition) is 2. The van der Waals surface area contributed by atoms with Crippen LogP contribution in [-0.2, 0) is 16.1 Å². The molecule has 1 atom stereocenters. The van der Waals surface area contributed by atoms with E-state index in [9.17, 15) is 19.2 Å². The maximum absolute atomic E-state index is 13.1. The summed E-state index contributed by atoms with van der Waals surface area (Å²) in [5.41, 5.74) is 3.49. The first-order chi connectivity index (χ1) is 16.4. The number of anilines is 1. The summed E-state index contributed by atoms with van der Waals surface area (Å²) in [5, 5.41) is 2.36. The van der Waals surface area contributed by atoms with E-state index >= 15 is 0 Å². The Hall–Kier alpha value is -3.62. The zero-order chi connectivity index (χ0) is 23.4. The zero-order valence-corrected chi connectivity index (χ0v) is 18.9. The zero-order valence-electron chi connectivity index (χ0n) is 18.9. The highest BCUT2D eigenvalue weighted by molar-refractivity contribution is 6.06. The second kappa shape index (κ2) is 7.72. The van der Waals surface area contributed by atoms with Gasteiger partial charge in [-0.1, -0.05) is 6.07 Å². The highest BCUT2D eigenvalue weighted by Crippen LogP contribution is 2.45. The fourth-order valence-electron chi connectivity index (χ4n) is 5.93. The molecule has 9 nitrogen and oxygen atoms in total. The Morgan fingerprint density at radius 1 is 1.03 bits per heavy atom. The van der Waals surface area contributed by atoms with Gasteiger partial charge in [-0.15, -0.1) is 0 Å². The Balaban J connectivity index is 1.13. The number of aromatic amines is 1. The normalized spacial score (nSPS) is 23.7. The summed E-state index contributed by atoms with van der Waals surface area (Å²) in [6.07, 6.45) is 4.32. The van der Waals surface area contributed by atoms with Gasteiger partial charge in [0.2, 0.25) is 11.8 Å². The average molecular weight is 462 g/mol. The molecule has 1 aromatic carbocycles. The molecule has 1 aromatic heterocycles. The lowest BCUT2D eigenvalue weighted by Gasteiger charge is -2.55. The minimum atomic E-state index is -0.602. The summed E-state index contributed by atoms with van der Waals surface area (Å²) in [5.74, 6) is -0.748. The summed E-state index contributed by atoms with van der Waals surface area (Å²) in [6.45, 7) is 3.69. The number of benzene rings is 1. The molecule has 9 heteroatoms. The maximum atomic E-state index is 13.1. The number of carbonyl (C=O) groups excluding carboxylic acids is 4. The van der Waals surface area contributed by atoms with Gasteiger partial charge < -0.3 is 19.7 Å². The molecule has 2 N–H and O–H groups in total. The van der Waals surface area contributed by atoms with Gasteiger partial charge in [0.25, 0.3) is 11.8 Å². The van der Waals surface area contributed by atoms with Crippen LogP contribution in [0.4, 0.5) is 5.69 Å². The standard InChI is InChI=1S/C25H27N5O4/c31-21-7-6-20(22(32)27-21)30-13-17-16(23(30)33)3-1-5-19(17)29-14-25(15-29)8-11-28(12-9-25)24(34)18-4-2-10-26-18/h1-5,10,20,26H,6-9,11-15H2,(H,27,31,32). The summed E-state index contributed by atoms with van der Waals surface area (Å²) in [4.78, 5) is 58.5. The molecule has 3 saturated heterocycles. The Kier molecular flexibility index (Phi) is 4.75. The van der Waals surface area contributed by atoms with E-state index in [1.807, 2.05) is 29.2 Å². The third-order valence-corrected chi connectivity index (χ3v) is 7.89. The number of likely N-dealkylation sites (tertiary alicyclic amines) is 1. The molecule has 0 bridgehead atoms. The van der Waals surface area contributed by atoms with Crippen LogP contribution in [0, 0.1) is 5.41 Å². The first-order valence-corrected chi connectivity index (χ1v) is 11.9. The second-order valence-corrected chi connectivity index (χ2v) is 9.94. The lowest BCUT2D eigenvalue weighted by Crippen LogP contribution is -2.61. The number of fused-ring (bicyclic) bond motifs is 1. The number of carbonyl (C=O) groups is 4. The van der Waals surface area contributed by atoms with E-state index < -0.39 is 6.04 Å². The Bertz CT molecular complexity index is 1170. The quantitative estimate of drug-likeness (QED) is 0.675. The van der Waals surface area contributed by atoms with Gasteiger partial charge in [-0.3, -0.25) is 24.5 Å². The van der Waals surface area contributed by atoms with Crippen LogP contribution < -0.4 is 10.2 Å². The molecule has 34 heavy (non-hydrogen) atoms. The van der Waals surface area contributed by atoms with Gasteiger partial charge in [-0.25, -0.2) is 0 Å². The highest BCUT2D eigenvalue weighted by Gasteiger charge is 2.47. The largest absolute Gasteiger partial charge is 0.370 e. The molecule has 4 aliphatic rings. The minimum absolute atomic E-state index is 0.0592. The number of imide groups is 1. The van der Waals surface area contributed by atoms with Crippen LogP contribution >= 0.6 is 0 Å². The molecule has 3 fully saturated rings. The molecule has 1 spiro atoms. The smallest absolute Gasteiger partial charge is 0.270 e. The van der Waals surface area contributed by atoms with E-state index in [0.29, 0.717) is 24.2 Å². The Morgan fingerprint density at radius 2 is 1.82 bits per heavy atom. The number of H-pyrrole nitrogens is 1. The van der Waals surface area contributed by atoms with E-state index in [2.05, 4.69) is 21.3 Å². The molecular weight excluding hydrogens is 434 g/mol. The van der Waals surface area contributed by atoms with Crippen molar-refractivity contribution >= 4 is 29.3 Å². The van der Waals surface area contributed by atoms with Gasteiger partial charge in [0.1, 0.15) is 11.7 Å². The van der Waals surface area contributed by atoms with Crippen LogP contribution in [0.3, 0.4) is 0 Å². The van der Waals surface area contributed by atoms with Gasteiger partial charge in [0.15, 0.2) is 0 Å². The predicted molar refractivity (Wildman–Crippen MR) is 123 cm³/mol. The van der Waals surface area contributed by atoms with Crippen molar-refractivity contribution in [1.82, 2.24) is 20.1 Å². The van der Waals surface area contributed by atoms with E-state index in [-0.39, 0.29) is 35.5 Å². The first-order valence-electron chi connectivity index (χ1n) is 11.9. The maximum Gasteiger partial charge on any atom is 0.270 e. The predicted octanol–water partition coefficient (Wildman–Crippen LogP) is 1.52. The number of piperidine rings is 2. The number of aromatic nitrogens is 1. The van der Waals surface area contributed by atoms with Gasteiger partial charge in [0.05, 0.1) is 0 Å². The van der Waals surface area contributed by atoms with Gasteiger partial charge >= 0.3 is 0 Å². The van der Waals surface area contributed by atoms with Gasteiger partial charge in [-0.2, -0.15) is 0 Å². The molecule has 4 amide bonds. The van der Waals surface area contributed by atoms with Crippen LogP contribution in [0.2, 0.25) is 0 Å². The minimum Gasteiger partial charge on any atom is -0.370 e. The van der Waals surface area contributed by atoms with Crippen molar-refractivity contribution in [3.63, 3.8) is 0 Å². The van der Waals surface area contributed by atoms with E-state index in [1.165, 1.54) is 0 Å². The summed E-state index contributed by atoms with van der Waals surface area (Å²) >= 11 is 0. The van der Waals surface area contributed by atoms with Crippen molar-refractivity contribution in [2.24, 2.45) is 5.41 Å². The molecule has 0 aliphatic carbocycles. The number of amides is 4. The topological polar surface area (TPSA) is 106 Å². The average Bonchev–Trinajstić information content (AvgIpc) is 3.46. The lowest BCUT2D eigenvalue weighted by molar-refractivity contribution is -0.136. The van der Waals surface area contributed by atoms with Crippen molar-refractivity contribution in [3.05, 3.63) is 53.3 Å². The van der Waals surface area contributed by atoms with E-state index in [1.54, 1.807) is 11.1 Å². The summed E-state index contributed by atoms with van der Waals surface area (Å²) in [7, 11) is 0. The SMILES string of the molecule is O=C1CCC(N2Cc3c(cccc3N3CC4(CCN(C(=O)c5ccc[nH]5)CC4)C3)C2=O)C(=O)N1. The van der Waals surface area contributed by atoms with E-state index in [4.69, 9.17) is 0 Å². The molecule has 2 aromatic rings. The highest BCUT2D eigenvalue weighted by atomic mass is 16.2. The lowest BCUT2D eigenvalue weighted by atomic mass is 9.71. The Labute approximate surface area is 197 Å². The Morgan fingerprint density at radius 3 is 2.53 bits per heavy atom. The molecule has 1 unspecified atom stereocenters. The van der Waals surface area contributed by atoms with Crippen LogP contribution in [0.15, 0.2) is 36.5 Å². The molecule has 4 aliphatic heterocycles. The molecule has 0 saturated carbocycles. The third-order valence-electron chi connectivity index (χ3n) is 7.89. The van der Waals surface area contributed by atoms with Crippen molar-refractivity contribution in [3.8, 4) is 0 Å². The number of nitrogens with zero attached hydrogens (tertiary/aromatic N) is 3. The number of hydrogen-bond acceptors (Lipinski definition) is 5. The molecule has 5 heterocycles. The van der Waals surface area contributed by atoms with Crippen LogP contribution in [0.1, 0.15) is 52.1 Å². The first kappa shape index (κ1) is 20.9. The summed E-state index contributed by atoms with van der Waals surface area (Å²) < 4.78 is 0. The fourth-order valence-corrected chi connectivity index (χ4v) is 5.93. The summed E-state index contributed by atoms with van der Waals surface area (Å²) in [6, 6.07) is 8.84. The van der Waals surface area contributed by atoms with Crippen molar-refractivity contribution in [2.75, 3.05) is 31.1 Å². The van der Waals surface area contributed by atoms with Crippen molar-refractivity contribution in [2.45, 2.75) is 38.3 Å². The van der Waals surface area contributed by atoms with Crippen molar-refractivity contribution < 1.29 is 19.2 Å². The van der Waals surface area contributed by atoms with Crippen LogP contribution in [-0.4, -0.2) is 70.6 Å². The van der Waals surface area contributed by atoms with Gasteiger partial charge in [0, 0.05) is 67.6 Å². The molecule has 176 valence electrons. The van der Waals surface area contributed by atoms with Crippen LogP contribution in [0.25, 0.3) is 0 Å². The van der Waals surface area contributed by atoms with Gasteiger partial charge in [-0.05, 0) is 43.5 Å². The number of nitrogens with one attached hydrogen (secondary N) is 2. The molecule has 0 radical (unpaired) electrons.